The van der Waals surface area contributed by atoms with Gasteiger partial charge in [-0.15, -0.1) is 0 Å². The van der Waals surface area contributed by atoms with E-state index in [0.717, 1.165) is 10.6 Å². The highest BCUT2D eigenvalue weighted by atomic mass is 35.5. The Labute approximate surface area is 106 Å². The number of alkyl halides is 2. The normalized spacial score (nSPS) is 31.6. The lowest BCUT2D eigenvalue weighted by molar-refractivity contribution is -0.0107. The molecule has 1 aromatic heterocycles. The Morgan fingerprint density at radius 3 is 2.65 bits per heavy atom. The first-order valence-corrected chi connectivity index (χ1v) is 5.62. The fourth-order valence-electron chi connectivity index (χ4n) is 1.69. The van der Waals surface area contributed by atoms with Crippen molar-refractivity contribution in [2.45, 2.75) is 29.7 Å². The summed E-state index contributed by atoms with van der Waals surface area (Å²) in [5.41, 5.74) is -1.23. The van der Waals surface area contributed by atoms with Gasteiger partial charge in [-0.3, -0.25) is 14.3 Å². The van der Waals surface area contributed by atoms with Crippen LogP contribution in [-0.2, 0) is 4.74 Å². The molecule has 1 aromatic rings. The minimum absolute atomic E-state index is 0.535. The van der Waals surface area contributed by atoms with Crippen LogP contribution in [0.25, 0.3) is 0 Å². The molecule has 0 amide bonds. The van der Waals surface area contributed by atoms with E-state index in [9.17, 15) is 14.7 Å². The number of halogens is 2. The van der Waals surface area contributed by atoms with Crippen LogP contribution < -0.4 is 11.2 Å². The van der Waals surface area contributed by atoms with Crippen LogP contribution in [0.3, 0.4) is 0 Å². The molecular weight excluding hydrogens is 271 g/mol. The first-order valence-electron chi connectivity index (χ1n) is 4.87. The predicted octanol–water partition coefficient (Wildman–Crippen LogP) is -0.0113. The molecule has 0 bridgehead atoms. The maximum atomic E-state index is 11.6. The molecule has 1 saturated heterocycles. The van der Waals surface area contributed by atoms with E-state index in [1.165, 1.54) is 6.20 Å². The molecule has 0 spiro atoms. The van der Waals surface area contributed by atoms with Crippen LogP contribution in [0.4, 0.5) is 0 Å². The van der Waals surface area contributed by atoms with Crippen molar-refractivity contribution in [3.05, 3.63) is 33.1 Å². The SMILES string of the molecule is C[C@H]1O[C@@H](n2ccc(=O)[nH]c2=O)C(Cl)(Cl)[C@@H]1O. The zero-order valence-corrected chi connectivity index (χ0v) is 10.3. The number of aliphatic hydroxyl groups is 1. The van der Waals surface area contributed by atoms with Crippen molar-refractivity contribution in [3.8, 4) is 0 Å². The smallest absolute Gasteiger partial charge is 0.330 e. The first-order chi connectivity index (χ1) is 7.84. The van der Waals surface area contributed by atoms with Crippen molar-refractivity contribution in [2.75, 3.05) is 0 Å². The topological polar surface area (TPSA) is 84.3 Å². The molecule has 2 N–H and O–H groups in total. The van der Waals surface area contributed by atoms with Crippen LogP contribution in [0.5, 0.6) is 0 Å². The van der Waals surface area contributed by atoms with Gasteiger partial charge in [-0.25, -0.2) is 4.79 Å². The quantitative estimate of drug-likeness (QED) is 0.709. The van der Waals surface area contributed by atoms with Crippen LogP contribution in [0.2, 0.25) is 0 Å². The van der Waals surface area contributed by atoms with Crippen LogP contribution in [0, 0.1) is 0 Å². The van der Waals surface area contributed by atoms with E-state index < -0.39 is 34.0 Å². The maximum Gasteiger partial charge on any atom is 0.330 e. The molecule has 94 valence electrons. The van der Waals surface area contributed by atoms with Crippen molar-refractivity contribution >= 4 is 23.2 Å². The summed E-state index contributed by atoms with van der Waals surface area (Å²) in [5, 5.41) is 9.73. The Bertz CT molecular complexity index is 538. The van der Waals surface area contributed by atoms with E-state index in [-0.39, 0.29) is 0 Å². The summed E-state index contributed by atoms with van der Waals surface area (Å²) in [6, 6.07) is 1.14. The van der Waals surface area contributed by atoms with Gasteiger partial charge in [0.05, 0.1) is 6.10 Å². The van der Waals surface area contributed by atoms with Crippen LogP contribution >= 0.6 is 23.2 Å². The number of nitrogens with zero attached hydrogens (tertiary/aromatic N) is 1. The molecule has 0 aliphatic carbocycles. The van der Waals surface area contributed by atoms with E-state index in [1.807, 2.05) is 0 Å². The van der Waals surface area contributed by atoms with Crippen molar-refractivity contribution < 1.29 is 9.84 Å². The molecule has 8 heteroatoms. The summed E-state index contributed by atoms with van der Waals surface area (Å²) in [6.07, 6.45) is -1.58. The number of aromatic nitrogens is 2. The number of ether oxygens (including phenoxy) is 1. The summed E-state index contributed by atoms with van der Waals surface area (Å²) >= 11 is 11.9. The van der Waals surface area contributed by atoms with Crippen LogP contribution in [-0.4, -0.2) is 31.2 Å². The standard InChI is InChI=1S/C9H10Cl2N2O4/c1-4-6(15)9(10,11)7(17-4)13-3-2-5(14)12-8(13)16/h2-4,6-7,15H,1H3,(H,12,14,16)/t4-,6-,7-/m1/s1. The van der Waals surface area contributed by atoms with Crippen LogP contribution in [0.15, 0.2) is 21.9 Å². The molecular formula is C9H10Cl2N2O4. The Morgan fingerprint density at radius 1 is 1.53 bits per heavy atom. The third-order valence-corrected chi connectivity index (χ3v) is 3.44. The maximum absolute atomic E-state index is 11.6. The number of nitrogens with one attached hydrogen (secondary N) is 1. The number of rotatable bonds is 1. The average molecular weight is 281 g/mol. The fourth-order valence-corrected chi connectivity index (χ4v) is 2.36. The zero-order chi connectivity index (χ0) is 12.8. The van der Waals surface area contributed by atoms with E-state index in [2.05, 4.69) is 4.98 Å². The predicted molar refractivity (Wildman–Crippen MR) is 61.4 cm³/mol. The van der Waals surface area contributed by atoms with Gasteiger partial charge in [0.1, 0.15) is 6.10 Å². The van der Waals surface area contributed by atoms with Crippen molar-refractivity contribution in [1.29, 1.82) is 0 Å². The third kappa shape index (κ3) is 2.01. The van der Waals surface area contributed by atoms with Crippen molar-refractivity contribution in [2.24, 2.45) is 0 Å². The molecule has 0 radical (unpaired) electrons. The second-order valence-electron chi connectivity index (χ2n) is 3.83. The molecule has 1 aliphatic rings. The number of aromatic amines is 1. The summed E-state index contributed by atoms with van der Waals surface area (Å²) < 4.78 is 4.71. The Balaban J connectivity index is 2.48. The molecule has 0 saturated carbocycles. The highest BCUT2D eigenvalue weighted by molar-refractivity contribution is 6.49. The van der Waals surface area contributed by atoms with Gasteiger partial charge in [0, 0.05) is 12.3 Å². The summed E-state index contributed by atoms with van der Waals surface area (Å²) in [5.74, 6) is 0. The van der Waals surface area contributed by atoms with Crippen molar-refractivity contribution in [3.63, 3.8) is 0 Å². The monoisotopic (exact) mass is 280 g/mol. The van der Waals surface area contributed by atoms with Gasteiger partial charge in [-0.05, 0) is 6.92 Å². The largest absolute Gasteiger partial charge is 0.387 e. The lowest BCUT2D eigenvalue weighted by Crippen LogP contribution is -2.40. The molecule has 2 rings (SSSR count). The van der Waals surface area contributed by atoms with E-state index in [0.29, 0.717) is 0 Å². The number of aliphatic hydroxyl groups excluding tert-OH is 1. The van der Waals surface area contributed by atoms with Gasteiger partial charge in [0.25, 0.3) is 5.56 Å². The zero-order valence-electron chi connectivity index (χ0n) is 8.76. The van der Waals surface area contributed by atoms with Gasteiger partial charge in [-0.2, -0.15) is 0 Å². The summed E-state index contributed by atoms with van der Waals surface area (Å²) in [4.78, 5) is 24.5. The molecule has 17 heavy (non-hydrogen) atoms. The van der Waals surface area contributed by atoms with Crippen LogP contribution in [0.1, 0.15) is 13.2 Å². The van der Waals surface area contributed by atoms with Gasteiger partial charge in [0.15, 0.2) is 10.6 Å². The number of H-pyrrole nitrogens is 1. The second-order valence-corrected chi connectivity index (χ2v) is 5.27. The van der Waals surface area contributed by atoms with E-state index in [4.69, 9.17) is 27.9 Å². The van der Waals surface area contributed by atoms with Gasteiger partial charge in [0.2, 0.25) is 0 Å². The van der Waals surface area contributed by atoms with E-state index in [1.54, 1.807) is 6.92 Å². The minimum atomic E-state index is -1.65. The second kappa shape index (κ2) is 4.13. The highest BCUT2D eigenvalue weighted by Gasteiger charge is 2.54. The van der Waals surface area contributed by atoms with Gasteiger partial charge in [-0.1, -0.05) is 23.2 Å². The number of hydrogen-bond acceptors (Lipinski definition) is 4. The Kier molecular flexibility index (Phi) is 3.07. The Hall–Kier alpha value is -0.820. The molecule has 2 heterocycles. The summed E-state index contributed by atoms with van der Waals surface area (Å²) in [6.45, 7) is 1.58. The van der Waals surface area contributed by atoms with E-state index >= 15 is 0 Å². The highest BCUT2D eigenvalue weighted by Crippen LogP contribution is 2.45. The first kappa shape index (κ1) is 12.6. The number of hydrogen-bond donors (Lipinski definition) is 2. The lowest BCUT2D eigenvalue weighted by Gasteiger charge is -2.23. The molecule has 6 nitrogen and oxygen atoms in total. The minimum Gasteiger partial charge on any atom is -0.387 e. The van der Waals surface area contributed by atoms with Crippen molar-refractivity contribution in [1.82, 2.24) is 9.55 Å². The third-order valence-electron chi connectivity index (χ3n) is 2.62. The van der Waals surface area contributed by atoms with Gasteiger partial charge < -0.3 is 9.84 Å². The summed E-state index contributed by atoms with van der Waals surface area (Å²) in [7, 11) is 0. The Morgan fingerprint density at radius 2 is 2.18 bits per heavy atom. The molecule has 1 fully saturated rings. The van der Waals surface area contributed by atoms with Gasteiger partial charge >= 0.3 is 5.69 Å². The lowest BCUT2D eigenvalue weighted by atomic mass is 10.2. The average Bonchev–Trinajstić information content (AvgIpc) is 2.43. The molecule has 0 unspecified atom stereocenters. The molecule has 3 atom stereocenters. The molecule has 0 aromatic carbocycles. The fraction of sp³-hybridized carbons (Fsp3) is 0.556. The molecule has 1 aliphatic heterocycles.